The zero-order valence-corrected chi connectivity index (χ0v) is 21.8. The molecule has 6 aliphatic rings. The highest BCUT2D eigenvalue weighted by Crippen LogP contribution is 2.69. The van der Waals surface area contributed by atoms with Crippen LogP contribution in [0.5, 0.6) is 0 Å². The van der Waals surface area contributed by atoms with Crippen molar-refractivity contribution in [2.24, 2.45) is 11.3 Å². The van der Waals surface area contributed by atoms with E-state index in [-0.39, 0.29) is 22.2 Å². The summed E-state index contributed by atoms with van der Waals surface area (Å²) < 4.78 is 13.0. The van der Waals surface area contributed by atoms with Gasteiger partial charge in [-0.1, -0.05) is 61.5 Å². The maximum Gasteiger partial charge on any atom is 0.0974 e. The standard InChI is InChI=1S/C33H39NO2/c1-30(20-35-21-30)34-27-10-9-25-18-26-13-14-31(2)28(24-8-7-22-5-3-4-6-23(22)17-24)11-12-29(31)33(26)16-15-32(25,19-27)36-33/h3-8,13,17-18,27-29,34H,9-12,14-16,19-21H2,1-2H3/t27-,28-,29-,31-,32?,33-/m1/s1. The number of fused-ring (bicyclic) bond motifs is 2. The summed E-state index contributed by atoms with van der Waals surface area (Å²) in [6.45, 7) is 6.58. The smallest absolute Gasteiger partial charge is 0.0974 e. The predicted octanol–water partition coefficient (Wildman–Crippen LogP) is 6.83. The molecule has 3 heteroatoms. The van der Waals surface area contributed by atoms with Crippen molar-refractivity contribution in [1.29, 1.82) is 0 Å². The van der Waals surface area contributed by atoms with Gasteiger partial charge in [0.15, 0.2) is 0 Å². The first kappa shape index (κ1) is 22.1. The lowest BCUT2D eigenvalue weighted by Crippen LogP contribution is -2.63. The van der Waals surface area contributed by atoms with Crippen molar-refractivity contribution in [3.63, 3.8) is 0 Å². The Morgan fingerprint density at radius 1 is 0.944 bits per heavy atom. The summed E-state index contributed by atoms with van der Waals surface area (Å²) in [6, 6.07) is 16.6. The van der Waals surface area contributed by atoms with Crippen molar-refractivity contribution in [2.75, 3.05) is 13.2 Å². The summed E-state index contributed by atoms with van der Waals surface area (Å²) in [5.74, 6) is 1.20. The number of benzene rings is 2. The first-order valence-corrected chi connectivity index (χ1v) is 14.4. The largest absolute Gasteiger partial charge is 0.377 e. The minimum atomic E-state index is -0.0759. The quantitative estimate of drug-likeness (QED) is 0.521. The molecule has 3 heterocycles. The average Bonchev–Trinajstić information content (AvgIpc) is 3.38. The Balaban J connectivity index is 1.13. The van der Waals surface area contributed by atoms with Crippen molar-refractivity contribution in [2.45, 2.75) is 93.9 Å². The molecule has 1 N–H and O–H groups in total. The van der Waals surface area contributed by atoms with Crippen LogP contribution < -0.4 is 5.32 Å². The molecule has 188 valence electrons. The Kier molecular flexibility index (Phi) is 4.50. The maximum atomic E-state index is 7.50. The van der Waals surface area contributed by atoms with Gasteiger partial charge in [-0.15, -0.1) is 0 Å². The van der Waals surface area contributed by atoms with Gasteiger partial charge in [0, 0.05) is 6.04 Å². The molecule has 2 saturated carbocycles. The number of allylic oxidation sites excluding steroid dienone is 1. The number of nitrogens with one attached hydrogen (secondary N) is 1. The SMILES string of the molecule is CC1(N[C@@H]2CCC3=CC4=CC[C@]5(C)[C@@H](c6ccc7ccccc7c6)CC[C@H]5[C@@]45CCC3(C2)O5)COC1. The molecule has 2 saturated heterocycles. The second kappa shape index (κ2) is 7.34. The van der Waals surface area contributed by atoms with Gasteiger partial charge in [0.2, 0.25) is 0 Å². The maximum absolute atomic E-state index is 7.50. The molecule has 2 aromatic rings. The summed E-state index contributed by atoms with van der Waals surface area (Å²) in [5.41, 5.74) is 4.93. The molecule has 6 atom stereocenters. The van der Waals surface area contributed by atoms with E-state index in [0.717, 1.165) is 19.6 Å². The van der Waals surface area contributed by atoms with Gasteiger partial charge in [-0.25, -0.2) is 0 Å². The van der Waals surface area contributed by atoms with E-state index in [1.165, 1.54) is 66.9 Å². The Morgan fingerprint density at radius 2 is 1.81 bits per heavy atom. The van der Waals surface area contributed by atoms with Gasteiger partial charge in [0.1, 0.15) is 0 Å². The van der Waals surface area contributed by atoms with E-state index < -0.39 is 0 Å². The van der Waals surface area contributed by atoms with Crippen LogP contribution in [0, 0.1) is 11.3 Å². The van der Waals surface area contributed by atoms with Gasteiger partial charge < -0.3 is 14.8 Å². The molecule has 3 aliphatic carbocycles. The Hall–Kier alpha value is -1.94. The molecule has 0 amide bonds. The lowest BCUT2D eigenvalue weighted by Gasteiger charge is -2.55. The van der Waals surface area contributed by atoms with Crippen molar-refractivity contribution < 1.29 is 9.47 Å². The van der Waals surface area contributed by atoms with Crippen LogP contribution in [0.2, 0.25) is 0 Å². The third-order valence-electron chi connectivity index (χ3n) is 11.3. The molecule has 2 bridgehead atoms. The summed E-state index contributed by atoms with van der Waals surface area (Å²) >= 11 is 0. The molecule has 4 fully saturated rings. The average molecular weight is 482 g/mol. The fourth-order valence-electron chi connectivity index (χ4n) is 9.49. The fraction of sp³-hybridized carbons (Fsp3) is 0.576. The van der Waals surface area contributed by atoms with Crippen LogP contribution in [0.25, 0.3) is 10.8 Å². The van der Waals surface area contributed by atoms with Gasteiger partial charge in [-0.2, -0.15) is 0 Å². The van der Waals surface area contributed by atoms with Crippen LogP contribution in [0.4, 0.5) is 0 Å². The molecule has 0 radical (unpaired) electrons. The van der Waals surface area contributed by atoms with Crippen molar-refractivity contribution >= 4 is 10.8 Å². The molecule has 36 heavy (non-hydrogen) atoms. The second-order valence-corrected chi connectivity index (χ2v) is 13.5. The monoisotopic (exact) mass is 481 g/mol. The topological polar surface area (TPSA) is 30.5 Å². The lowest BCUT2D eigenvalue weighted by molar-refractivity contribution is -0.140. The molecule has 8 rings (SSSR count). The highest BCUT2D eigenvalue weighted by molar-refractivity contribution is 5.83. The van der Waals surface area contributed by atoms with Crippen LogP contribution in [-0.4, -0.2) is 36.0 Å². The van der Waals surface area contributed by atoms with Gasteiger partial charge >= 0.3 is 0 Å². The molecular formula is C33H39NO2. The minimum Gasteiger partial charge on any atom is -0.377 e. The van der Waals surface area contributed by atoms with Crippen LogP contribution in [0.3, 0.4) is 0 Å². The molecule has 1 unspecified atom stereocenters. The Bertz CT molecular complexity index is 1310. The summed E-state index contributed by atoms with van der Waals surface area (Å²) in [6.07, 6.45) is 14.8. The van der Waals surface area contributed by atoms with E-state index in [1.54, 1.807) is 5.57 Å². The van der Waals surface area contributed by atoms with E-state index in [2.05, 4.69) is 73.8 Å². The first-order chi connectivity index (χ1) is 17.4. The molecule has 2 aromatic carbocycles. The molecule has 3 nitrogen and oxygen atoms in total. The number of hydrogen-bond acceptors (Lipinski definition) is 3. The Morgan fingerprint density at radius 3 is 2.64 bits per heavy atom. The fourth-order valence-corrected chi connectivity index (χ4v) is 9.49. The minimum absolute atomic E-state index is 0.0481. The van der Waals surface area contributed by atoms with E-state index in [9.17, 15) is 0 Å². The highest BCUT2D eigenvalue weighted by Gasteiger charge is 2.66. The number of ether oxygens (including phenoxy) is 2. The third kappa shape index (κ3) is 2.91. The zero-order valence-electron chi connectivity index (χ0n) is 21.8. The van der Waals surface area contributed by atoms with Crippen LogP contribution in [0.1, 0.15) is 76.7 Å². The van der Waals surface area contributed by atoms with E-state index in [0.29, 0.717) is 17.9 Å². The predicted molar refractivity (Wildman–Crippen MR) is 144 cm³/mol. The first-order valence-electron chi connectivity index (χ1n) is 14.4. The van der Waals surface area contributed by atoms with Gasteiger partial charge in [-0.05, 0) is 103 Å². The lowest BCUT2D eigenvalue weighted by atomic mass is 9.58. The molecular weight excluding hydrogens is 442 g/mol. The number of hydrogen-bond donors (Lipinski definition) is 1. The third-order valence-corrected chi connectivity index (χ3v) is 11.3. The Labute approximate surface area is 215 Å². The molecule has 3 aliphatic heterocycles. The summed E-state index contributed by atoms with van der Waals surface area (Å²) in [7, 11) is 0. The van der Waals surface area contributed by atoms with Crippen molar-refractivity contribution in [1.82, 2.24) is 5.32 Å². The van der Waals surface area contributed by atoms with Gasteiger partial charge in [0.05, 0.1) is 30.0 Å². The second-order valence-electron chi connectivity index (χ2n) is 13.5. The summed E-state index contributed by atoms with van der Waals surface area (Å²) in [5, 5.41) is 6.68. The number of rotatable bonds is 3. The normalized spacial score (nSPS) is 42.1. The van der Waals surface area contributed by atoms with Gasteiger partial charge in [0.25, 0.3) is 0 Å². The van der Waals surface area contributed by atoms with Crippen LogP contribution in [0.15, 0.2) is 65.8 Å². The van der Waals surface area contributed by atoms with Crippen LogP contribution >= 0.6 is 0 Å². The highest BCUT2D eigenvalue weighted by atomic mass is 16.5. The van der Waals surface area contributed by atoms with E-state index >= 15 is 0 Å². The van der Waals surface area contributed by atoms with Gasteiger partial charge in [-0.3, -0.25) is 0 Å². The molecule has 2 spiro atoms. The zero-order chi connectivity index (χ0) is 24.2. The van der Waals surface area contributed by atoms with Crippen molar-refractivity contribution in [3.05, 3.63) is 71.3 Å². The molecule has 0 aromatic heterocycles. The van der Waals surface area contributed by atoms with E-state index in [4.69, 9.17) is 9.47 Å². The van der Waals surface area contributed by atoms with E-state index in [1.807, 2.05) is 0 Å². The van der Waals surface area contributed by atoms with Crippen LogP contribution in [-0.2, 0) is 9.47 Å². The van der Waals surface area contributed by atoms with Crippen molar-refractivity contribution in [3.8, 4) is 0 Å². The summed E-state index contributed by atoms with van der Waals surface area (Å²) in [4.78, 5) is 0.